The third-order valence-corrected chi connectivity index (χ3v) is 6.82. The molecule has 4 rings (SSSR count). The van der Waals surface area contributed by atoms with E-state index in [4.69, 9.17) is 10.6 Å². The molecule has 1 amide bonds. The standard InChI is InChI=1S/C22H18F3N3O8S/c1-37(33,34)12-6-13-18-15(7-12)35-9-14(10-2-4-11(5-3-10)22(23,24)25)28(18)21(32)17(19(13)30)20(31)27-8-16(29)36-26/h2-7,14,30H,8-9,26H2,1H3,(H,27,31). The van der Waals surface area contributed by atoms with Gasteiger partial charge in [0.05, 0.1) is 22.0 Å². The summed E-state index contributed by atoms with van der Waals surface area (Å²) in [4.78, 5) is 41.3. The second-order valence-corrected chi connectivity index (χ2v) is 10.1. The van der Waals surface area contributed by atoms with Crippen LogP contribution in [-0.4, -0.2) is 49.4 Å². The fraction of sp³-hybridized carbons (Fsp3) is 0.227. The van der Waals surface area contributed by atoms with Gasteiger partial charge in [-0.3, -0.25) is 14.2 Å². The Morgan fingerprint density at radius 2 is 1.89 bits per heavy atom. The summed E-state index contributed by atoms with van der Waals surface area (Å²) in [6.45, 7) is -1.07. The maximum atomic E-state index is 13.5. The van der Waals surface area contributed by atoms with Crippen molar-refractivity contribution in [3.8, 4) is 11.5 Å². The highest BCUT2D eigenvalue weighted by Gasteiger charge is 2.34. The smallest absolute Gasteiger partial charge is 0.416 e. The van der Waals surface area contributed by atoms with Crippen molar-refractivity contribution >= 4 is 32.6 Å². The van der Waals surface area contributed by atoms with E-state index >= 15 is 0 Å². The lowest BCUT2D eigenvalue weighted by Crippen LogP contribution is -2.40. The number of hydrogen-bond acceptors (Lipinski definition) is 9. The molecule has 0 fully saturated rings. The third-order valence-electron chi connectivity index (χ3n) is 5.73. The molecule has 1 aliphatic rings. The van der Waals surface area contributed by atoms with E-state index < -0.39 is 62.9 Å². The van der Waals surface area contributed by atoms with Crippen LogP contribution in [0.5, 0.6) is 11.5 Å². The lowest BCUT2D eigenvalue weighted by Gasteiger charge is -2.30. The molecule has 0 radical (unpaired) electrons. The molecule has 3 aromatic rings. The first kappa shape index (κ1) is 26.0. The van der Waals surface area contributed by atoms with Gasteiger partial charge in [-0.2, -0.15) is 19.1 Å². The Morgan fingerprint density at radius 1 is 1.24 bits per heavy atom. The quantitative estimate of drug-likeness (QED) is 0.403. The molecule has 0 aliphatic carbocycles. The van der Waals surface area contributed by atoms with E-state index in [-0.39, 0.29) is 33.7 Å². The monoisotopic (exact) mass is 541 g/mol. The van der Waals surface area contributed by atoms with Crippen LogP contribution in [0.15, 0.2) is 46.1 Å². The number of sulfone groups is 1. The summed E-state index contributed by atoms with van der Waals surface area (Å²) in [7, 11) is -3.85. The van der Waals surface area contributed by atoms with Crippen LogP contribution in [0.4, 0.5) is 13.2 Å². The molecule has 15 heteroatoms. The Hall–Kier alpha value is -4.11. The van der Waals surface area contributed by atoms with Gasteiger partial charge in [-0.05, 0) is 23.8 Å². The first-order valence-corrected chi connectivity index (χ1v) is 12.3. The Kier molecular flexibility index (Phi) is 6.37. The number of nitrogens with zero attached hydrogens (tertiary/aromatic N) is 1. The number of nitrogens with two attached hydrogens (primary N) is 1. The summed E-state index contributed by atoms with van der Waals surface area (Å²) in [5, 5.41) is 12.7. The number of pyridine rings is 1. The van der Waals surface area contributed by atoms with Crippen LogP contribution in [-0.2, 0) is 25.6 Å². The van der Waals surface area contributed by atoms with E-state index in [1.165, 1.54) is 0 Å². The predicted octanol–water partition coefficient (Wildman–Crippen LogP) is 1.26. The van der Waals surface area contributed by atoms with Crippen molar-refractivity contribution in [1.82, 2.24) is 9.88 Å². The summed E-state index contributed by atoms with van der Waals surface area (Å²) in [5.74, 6) is 1.46. The molecule has 1 aliphatic heterocycles. The van der Waals surface area contributed by atoms with Gasteiger partial charge in [-0.25, -0.2) is 13.2 Å². The molecule has 0 saturated heterocycles. The minimum atomic E-state index is -4.60. The highest BCUT2D eigenvalue weighted by atomic mass is 32.2. The summed E-state index contributed by atoms with van der Waals surface area (Å²) in [6, 6.07) is 4.99. The van der Waals surface area contributed by atoms with Crippen LogP contribution in [0.2, 0.25) is 0 Å². The molecule has 11 nitrogen and oxygen atoms in total. The third kappa shape index (κ3) is 4.70. The van der Waals surface area contributed by atoms with Gasteiger partial charge < -0.3 is 20.0 Å². The van der Waals surface area contributed by atoms with Gasteiger partial charge >= 0.3 is 12.1 Å². The van der Waals surface area contributed by atoms with Crippen molar-refractivity contribution in [2.24, 2.45) is 5.90 Å². The highest BCUT2D eigenvalue weighted by molar-refractivity contribution is 7.90. The number of alkyl halides is 3. The van der Waals surface area contributed by atoms with Crippen LogP contribution >= 0.6 is 0 Å². The van der Waals surface area contributed by atoms with Gasteiger partial charge in [0.2, 0.25) is 0 Å². The van der Waals surface area contributed by atoms with Crippen molar-refractivity contribution in [3.05, 3.63) is 63.4 Å². The average Bonchev–Trinajstić information content (AvgIpc) is 2.84. The number of hydrogen-bond donors (Lipinski definition) is 3. The van der Waals surface area contributed by atoms with Crippen LogP contribution in [0.25, 0.3) is 10.9 Å². The van der Waals surface area contributed by atoms with Crippen LogP contribution in [0.1, 0.15) is 27.5 Å². The lowest BCUT2D eigenvalue weighted by molar-refractivity contribution is -0.143. The predicted molar refractivity (Wildman–Crippen MR) is 121 cm³/mol. The molecule has 0 bridgehead atoms. The Labute approximate surface area is 206 Å². The fourth-order valence-corrected chi connectivity index (χ4v) is 4.61. The number of aromatic hydroxyl groups is 1. The number of ether oxygens (including phenoxy) is 1. The lowest BCUT2D eigenvalue weighted by atomic mass is 10.0. The zero-order valence-electron chi connectivity index (χ0n) is 18.8. The maximum Gasteiger partial charge on any atom is 0.416 e. The zero-order valence-corrected chi connectivity index (χ0v) is 19.6. The molecule has 0 spiro atoms. The first-order valence-electron chi connectivity index (χ1n) is 10.4. The van der Waals surface area contributed by atoms with Crippen molar-refractivity contribution in [2.45, 2.75) is 17.1 Å². The molecule has 4 N–H and O–H groups in total. The van der Waals surface area contributed by atoms with E-state index in [0.29, 0.717) is 0 Å². The number of nitrogens with one attached hydrogen (secondary N) is 1. The Bertz CT molecular complexity index is 1600. The van der Waals surface area contributed by atoms with Crippen molar-refractivity contribution in [3.63, 3.8) is 0 Å². The van der Waals surface area contributed by atoms with E-state index in [1.807, 2.05) is 0 Å². The molecule has 2 aromatic carbocycles. The minimum absolute atomic E-state index is 0.0797. The molecular weight excluding hydrogens is 523 g/mol. The van der Waals surface area contributed by atoms with Crippen LogP contribution in [0.3, 0.4) is 0 Å². The number of carbonyl (C=O) groups excluding carboxylic acids is 2. The fourth-order valence-electron chi connectivity index (χ4n) is 3.96. The van der Waals surface area contributed by atoms with Crippen LogP contribution < -0.4 is 21.5 Å². The van der Waals surface area contributed by atoms with Gasteiger partial charge in [0, 0.05) is 17.7 Å². The molecule has 196 valence electrons. The largest absolute Gasteiger partial charge is 0.506 e. The molecule has 2 heterocycles. The SMILES string of the molecule is CS(=O)(=O)c1cc2c3c(c1)c(O)c(C(=O)NCC(=O)ON)c(=O)n3C(c1ccc(C(F)(F)F)cc1)CO2. The van der Waals surface area contributed by atoms with Gasteiger partial charge in [0.25, 0.3) is 11.5 Å². The van der Waals surface area contributed by atoms with Gasteiger partial charge in [0.1, 0.15) is 30.2 Å². The number of benzene rings is 2. The summed E-state index contributed by atoms with van der Waals surface area (Å²) in [6.07, 6.45) is -3.71. The summed E-state index contributed by atoms with van der Waals surface area (Å²) in [5.41, 5.74) is -2.71. The molecule has 1 aromatic heterocycles. The van der Waals surface area contributed by atoms with Gasteiger partial charge in [-0.1, -0.05) is 12.1 Å². The minimum Gasteiger partial charge on any atom is -0.506 e. The number of amides is 1. The number of aromatic nitrogens is 1. The van der Waals surface area contributed by atoms with E-state index in [2.05, 4.69) is 10.2 Å². The first-order chi connectivity index (χ1) is 17.2. The van der Waals surface area contributed by atoms with Crippen molar-refractivity contribution in [2.75, 3.05) is 19.4 Å². The van der Waals surface area contributed by atoms with E-state index in [0.717, 1.165) is 47.2 Å². The molecule has 37 heavy (non-hydrogen) atoms. The Balaban J connectivity index is 1.98. The number of carbonyl (C=O) groups is 2. The summed E-state index contributed by atoms with van der Waals surface area (Å²) >= 11 is 0. The van der Waals surface area contributed by atoms with E-state index in [1.54, 1.807) is 0 Å². The Morgan fingerprint density at radius 3 is 2.46 bits per heavy atom. The second kappa shape index (κ2) is 9.08. The van der Waals surface area contributed by atoms with Crippen LogP contribution in [0, 0.1) is 0 Å². The van der Waals surface area contributed by atoms with E-state index in [9.17, 15) is 41.1 Å². The number of halogens is 3. The normalized spacial score (nSPS) is 15.2. The summed E-state index contributed by atoms with van der Waals surface area (Å²) < 4.78 is 70.2. The number of rotatable bonds is 5. The molecule has 1 atom stereocenters. The average molecular weight is 541 g/mol. The molecule has 0 saturated carbocycles. The van der Waals surface area contributed by atoms with Gasteiger partial charge in [0.15, 0.2) is 9.84 Å². The van der Waals surface area contributed by atoms with Crippen molar-refractivity contribution < 1.29 is 45.9 Å². The second-order valence-electron chi connectivity index (χ2n) is 8.11. The topological polar surface area (TPSA) is 167 Å². The van der Waals surface area contributed by atoms with Crippen molar-refractivity contribution in [1.29, 1.82) is 0 Å². The maximum absolute atomic E-state index is 13.5. The van der Waals surface area contributed by atoms with Gasteiger partial charge in [-0.15, -0.1) is 0 Å². The zero-order chi connectivity index (χ0) is 27.3. The molecular formula is C22H18F3N3O8S. The highest BCUT2D eigenvalue weighted by Crippen LogP contribution is 2.41. The molecule has 1 unspecified atom stereocenters.